The zero-order valence-corrected chi connectivity index (χ0v) is 16.8. The van der Waals surface area contributed by atoms with Gasteiger partial charge in [-0.25, -0.2) is 0 Å². The molecular formula is C23H26N2O4. The molecule has 3 rings (SSSR count). The van der Waals surface area contributed by atoms with Crippen molar-refractivity contribution in [3.05, 3.63) is 65.7 Å². The number of rotatable bonds is 6. The van der Waals surface area contributed by atoms with Crippen LogP contribution in [-0.4, -0.2) is 61.5 Å². The molecule has 1 saturated heterocycles. The van der Waals surface area contributed by atoms with Crippen LogP contribution in [0.15, 0.2) is 54.6 Å². The first-order valence-corrected chi connectivity index (χ1v) is 9.74. The van der Waals surface area contributed by atoms with Crippen molar-refractivity contribution < 1.29 is 19.1 Å². The van der Waals surface area contributed by atoms with E-state index in [1.54, 1.807) is 29.1 Å². The van der Waals surface area contributed by atoms with Crippen molar-refractivity contribution in [3.8, 4) is 11.5 Å². The fourth-order valence-electron chi connectivity index (χ4n) is 3.23. The van der Waals surface area contributed by atoms with Gasteiger partial charge in [-0.2, -0.15) is 0 Å². The lowest BCUT2D eigenvalue weighted by Gasteiger charge is -2.34. The lowest BCUT2D eigenvalue weighted by molar-refractivity contribution is -0.127. The van der Waals surface area contributed by atoms with Gasteiger partial charge in [-0.1, -0.05) is 24.3 Å². The minimum absolute atomic E-state index is 0.00900. The fraction of sp³-hybridized carbons (Fsp3) is 0.304. The molecule has 6 nitrogen and oxygen atoms in total. The Balaban J connectivity index is 1.56. The maximum Gasteiger partial charge on any atom is 0.253 e. The van der Waals surface area contributed by atoms with Gasteiger partial charge in [0.2, 0.25) is 5.91 Å². The molecule has 1 aliphatic heterocycles. The number of carbonyl (C=O) groups is 2. The van der Waals surface area contributed by atoms with Gasteiger partial charge in [-0.15, -0.1) is 0 Å². The molecule has 0 N–H and O–H groups in total. The van der Waals surface area contributed by atoms with Crippen LogP contribution in [0.3, 0.4) is 0 Å². The summed E-state index contributed by atoms with van der Waals surface area (Å²) in [5, 5.41) is 0. The van der Waals surface area contributed by atoms with Gasteiger partial charge in [-0.05, 0) is 42.8 Å². The Bertz CT molecular complexity index is 872. The number of piperazine rings is 1. The summed E-state index contributed by atoms with van der Waals surface area (Å²) in [5.74, 6) is 1.26. The summed E-state index contributed by atoms with van der Waals surface area (Å²) < 4.78 is 10.8. The second-order valence-electron chi connectivity index (χ2n) is 6.66. The molecule has 1 fully saturated rings. The number of amides is 2. The van der Waals surface area contributed by atoms with Crippen molar-refractivity contribution in [2.45, 2.75) is 6.92 Å². The zero-order valence-electron chi connectivity index (χ0n) is 16.8. The van der Waals surface area contributed by atoms with Gasteiger partial charge in [0.15, 0.2) is 11.5 Å². The summed E-state index contributed by atoms with van der Waals surface area (Å²) in [6, 6.07) is 14.8. The predicted molar refractivity (Wildman–Crippen MR) is 112 cm³/mol. The maximum absolute atomic E-state index is 12.5. The largest absolute Gasteiger partial charge is 0.493 e. The van der Waals surface area contributed by atoms with Crippen LogP contribution in [0.25, 0.3) is 6.08 Å². The highest BCUT2D eigenvalue weighted by Crippen LogP contribution is 2.28. The molecule has 0 saturated carbocycles. The topological polar surface area (TPSA) is 59.1 Å². The monoisotopic (exact) mass is 394 g/mol. The van der Waals surface area contributed by atoms with Crippen LogP contribution in [0.4, 0.5) is 0 Å². The number of benzene rings is 2. The Morgan fingerprint density at radius 2 is 1.66 bits per heavy atom. The number of hydrogen-bond acceptors (Lipinski definition) is 4. The fourth-order valence-corrected chi connectivity index (χ4v) is 3.23. The third-order valence-corrected chi connectivity index (χ3v) is 4.81. The Morgan fingerprint density at radius 3 is 2.31 bits per heavy atom. The molecule has 0 aromatic heterocycles. The van der Waals surface area contributed by atoms with E-state index in [1.807, 2.05) is 55.5 Å². The summed E-state index contributed by atoms with van der Waals surface area (Å²) in [6.45, 7) is 4.58. The van der Waals surface area contributed by atoms with Gasteiger partial charge < -0.3 is 19.3 Å². The molecule has 29 heavy (non-hydrogen) atoms. The first-order chi connectivity index (χ1) is 14.1. The third-order valence-electron chi connectivity index (χ3n) is 4.81. The minimum atomic E-state index is -0.0651. The van der Waals surface area contributed by atoms with Crippen LogP contribution in [0.5, 0.6) is 11.5 Å². The second-order valence-corrected chi connectivity index (χ2v) is 6.66. The first-order valence-electron chi connectivity index (χ1n) is 9.74. The number of ether oxygens (including phenoxy) is 2. The minimum Gasteiger partial charge on any atom is -0.493 e. The highest BCUT2D eigenvalue weighted by atomic mass is 16.5. The Hall–Kier alpha value is -3.28. The van der Waals surface area contributed by atoms with Crippen molar-refractivity contribution in [2.24, 2.45) is 0 Å². The van der Waals surface area contributed by atoms with Gasteiger partial charge in [0.1, 0.15) is 0 Å². The van der Waals surface area contributed by atoms with Crippen LogP contribution < -0.4 is 9.47 Å². The van der Waals surface area contributed by atoms with Crippen molar-refractivity contribution in [1.82, 2.24) is 9.80 Å². The highest BCUT2D eigenvalue weighted by molar-refractivity contribution is 5.95. The average Bonchev–Trinajstić information content (AvgIpc) is 2.78. The standard InChI is InChI=1S/C23H26N2O4/c1-3-29-20-11-9-18(17-21(20)28-2)10-12-22(26)24-13-15-25(16-14-24)23(27)19-7-5-4-6-8-19/h4-12,17H,3,13-16H2,1-2H3/b12-10+. The van der Waals surface area contributed by atoms with E-state index < -0.39 is 0 Å². The summed E-state index contributed by atoms with van der Waals surface area (Å²) in [4.78, 5) is 28.6. The van der Waals surface area contributed by atoms with Gasteiger partial charge in [0.25, 0.3) is 5.91 Å². The smallest absolute Gasteiger partial charge is 0.253 e. The van der Waals surface area contributed by atoms with Crippen molar-refractivity contribution in [3.63, 3.8) is 0 Å². The molecule has 2 amide bonds. The summed E-state index contributed by atoms with van der Waals surface area (Å²) >= 11 is 0. The number of hydrogen-bond donors (Lipinski definition) is 0. The molecule has 2 aromatic carbocycles. The molecule has 2 aromatic rings. The van der Waals surface area contributed by atoms with Crippen LogP contribution in [0.2, 0.25) is 0 Å². The molecule has 0 spiro atoms. The van der Waals surface area contributed by atoms with Crippen molar-refractivity contribution in [2.75, 3.05) is 39.9 Å². The Kier molecular flexibility index (Phi) is 6.89. The maximum atomic E-state index is 12.5. The quantitative estimate of drug-likeness (QED) is 0.707. The highest BCUT2D eigenvalue weighted by Gasteiger charge is 2.23. The molecule has 6 heteroatoms. The van der Waals surface area contributed by atoms with E-state index >= 15 is 0 Å². The molecule has 0 atom stereocenters. The SMILES string of the molecule is CCOc1ccc(/C=C/C(=O)N2CCN(C(=O)c3ccccc3)CC2)cc1OC. The predicted octanol–water partition coefficient (Wildman–Crippen LogP) is 3.09. The van der Waals surface area contributed by atoms with E-state index in [-0.39, 0.29) is 11.8 Å². The average molecular weight is 394 g/mol. The summed E-state index contributed by atoms with van der Waals surface area (Å²) in [7, 11) is 1.59. The van der Waals surface area contributed by atoms with Gasteiger partial charge in [0, 0.05) is 37.8 Å². The van der Waals surface area contributed by atoms with E-state index in [0.717, 1.165) is 5.56 Å². The molecular weight excluding hydrogens is 368 g/mol. The Morgan fingerprint density at radius 1 is 0.966 bits per heavy atom. The summed E-state index contributed by atoms with van der Waals surface area (Å²) in [6.07, 6.45) is 3.33. The lowest BCUT2D eigenvalue weighted by Crippen LogP contribution is -2.50. The van der Waals surface area contributed by atoms with E-state index in [0.29, 0.717) is 49.8 Å². The van der Waals surface area contributed by atoms with E-state index in [1.165, 1.54) is 0 Å². The van der Waals surface area contributed by atoms with Gasteiger partial charge >= 0.3 is 0 Å². The molecule has 152 valence electrons. The molecule has 0 radical (unpaired) electrons. The normalized spacial score (nSPS) is 14.1. The van der Waals surface area contributed by atoms with Gasteiger partial charge in [-0.3, -0.25) is 9.59 Å². The zero-order chi connectivity index (χ0) is 20.6. The lowest BCUT2D eigenvalue weighted by atomic mass is 10.1. The molecule has 1 aliphatic rings. The van der Waals surface area contributed by atoms with E-state index in [4.69, 9.17) is 9.47 Å². The van der Waals surface area contributed by atoms with Crippen LogP contribution in [0.1, 0.15) is 22.8 Å². The number of nitrogens with zero attached hydrogens (tertiary/aromatic N) is 2. The summed E-state index contributed by atoms with van der Waals surface area (Å²) in [5.41, 5.74) is 1.54. The number of methoxy groups -OCH3 is 1. The van der Waals surface area contributed by atoms with E-state index in [2.05, 4.69) is 0 Å². The third kappa shape index (κ3) is 5.16. The molecule has 0 aliphatic carbocycles. The molecule has 1 heterocycles. The number of carbonyl (C=O) groups excluding carboxylic acids is 2. The second kappa shape index (κ2) is 9.78. The Labute approximate surface area is 171 Å². The van der Waals surface area contributed by atoms with E-state index in [9.17, 15) is 9.59 Å². The molecule has 0 bridgehead atoms. The van der Waals surface area contributed by atoms with Crippen LogP contribution in [-0.2, 0) is 4.79 Å². The van der Waals surface area contributed by atoms with Crippen LogP contribution in [0, 0.1) is 0 Å². The van der Waals surface area contributed by atoms with Gasteiger partial charge in [0.05, 0.1) is 13.7 Å². The van der Waals surface area contributed by atoms with Crippen molar-refractivity contribution >= 4 is 17.9 Å². The first kappa shape index (κ1) is 20.5. The van der Waals surface area contributed by atoms with Crippen molar-refractivity contribution in [1.29, 1.82) is 0 Å². The molecule has 0 unspecified atom stereocenters. The van der Waals surface area contributed by atoms with Crippen LogP contribution >= 0.6 is 0 Å².